The van der Waals surface area contributed by atoms with Crippen LogP contribution in [0.3, 0.4) is 0 Å². The van der Waals surface area contributed by atoms with Crippen molar-refractivity contribution in [3.63, 3.8) is 0 Å². The first-order valence-corrected chi connectivity index (χ1v) is 7.64. The lowest BCUT2D eigenvalue weighted by molar-refractivity contribution is -0.187. The minimum atomic E-state index is -4.03. The van der Waals surface area contributed by atoms with Crippen molar-refractivity contribution < 1.29 is 17.9 Å². The lowest BCUT2D eigenvalue weighted by atomic mass is 9.92. The smallest absolute Gasteiger partial charge is 0.380 e. The average Bonchev–Trinajstić information content (AvgIpc) is 2.45. The molecule has 20 heavy (non-hydrogen) atoms. The summed E-state index contributed by atoms with van der Waals surface area (Å²) in [5, 5.41) is 3.52. The Morgan fingerprint density at radius 1 is 1.20 bits per heavy atom. The van der Waals surface area contributed by atoms with Gasteiger partial charge >= 0.3 is 6.18 Å². The van der Waals surface area contributed by atoms with Crippen LogP contribution >= 0.6 is 0 Å². The third kappa shape index (κ3) is 4.09. The van der Waals surface area contributed by atoms with E-state index in [4.69, 9.17) is 4.74 Å². The highest BCUT2D eigenvalue weighted by Gasteiger charge is 2.43. The fraction of sp³-hybridized carbons (Fsp3) is 1.00. The zero-order chi connectivity index (χ0) is 14.6. The quantitative estimate of drug-likeness (QED) is 0.862. The molecule has 2 atom stereocenters. The maximum Gasteiger partial charge on any atom is 0.391 e. The lowest BCUT2D eigenvalue weighted by Crippen LogP contribution is -2.57. The summed E-state index contributed by atoms with van der Waals surface area (Å²) in [5.41, 5.74) is 0. The molecule has 0 aromatic rings. The van der Waals surface area contributed by atoms with Gasteiger partial charge in [0, 0.05) is 18.7 Å². The van der Waals surface area contributed by atoms with Crippen molar-refractivity contribution >= 4 is 0 Å². The molecular weight excluding hydrogens is 269 g/mol. The number of alkyl halides is 3. The third-order valence-electron chi connectivity index (χ3n) is 4.44. The predicted octanol–water partition coefficient (Wildman–Crippen LogP) is 2.42. The molecule has 0 spiro atoms. The van der Waals surface area contributed by atoms with Gasteiger partial charge in [-0.1, -0.05) is 6.92 Å². The molecule has 0 aromatic heterocycles. The molecule has 0 aliphatic carbocycles. The summed E-state index contributed by atoms with van der Waals surface area (Å²) in [4.78, 5) is 2.19. The molecule has 0 saturated carbocycles. The maximum atomic E-state index is 12.7. The predicted molar refractivity (Wildman–Crippen MR) is 71.7 cm³/mol. The highest BCUT2D eigenvalue weighted by molar-refractivity contribution is 4.90. The van der Waals surface area contributed by atoms with Crippen LogP contribution in [0.2, 0.25) is 0 Å². The van der Waals surface area contributed by atoms with Crippen LogP contribution in [0.1, 0.15) is 32.6 Å². The molecule has 2 fully saturated rings. The average molecular weight is 294 g/mol. The van der Waals surface area contributed by atoms with Gasteiger partial charge in [0.15, 0.2) is 0 Å². The Bertz CT molecular complexity index is 291. The van der Waals surface area contributed by atoms with Gasteiger partial charge in [-0.05, 0) is 45.3 Å². The Morgan fingerprint density at radius 3 is 2.50 bits per heavy atom. The van der Waals surface area contributed by atoms with E-state index in [9.17, 15) is 13.2 Å². The highest BCUT2D eigenvalue weighted by atomic mass is 19.4. The van der Waals surface area contributed by atoms with Gasteiger partial charge in [-0.25, -0.2) is 0 Å². The first-order chi connectivity index (χ1) is 9.52. The van der Waals surface area contributed by atoms with Crippen LogP contribution in [-0.2, 0) is 4.74 Å². The topological polar surface area (TPSA) is 24.5 Å². The number of nitrogens with one attached hydrogen (secondary N) is 1. The molecule has 0 radical (unpaired) electrons. The summed E-state index contributed by atoms with van der Waals surface area (Å²) in [6.07, 6.45) is -1.57. The molecular formula is C14H25F3N2O. The SMILES string of the molecule is CCCNC1CCOCC1N1CCC(C(F)(F)F)CC1. The standard InChI is InChI=1S/C14H25F3N2O/c1-2-6-18-12-5-9-20-10-13(12)19-7-3-11(4-8-19)14(15,16)17/h11-13,18H,2-10H2,1H3. The molecule has 6 heteroatoms. The van der Waals surface area contributed by atoms with E-state index in [2.05, 4.69) is 17.1 Å². The number of piperidine rings is 1. The summed E-state index contributed by atoms with van der Waals surface area (Å²) in [6, 6.07) is 0.579. The summed E-state index contributed by atoms with van der Waals surface area (Å²) in [7, 11) is 0. The van der Waals surface area contributed by atoms with Crippen LogP contribution in [-0.4, -0.2) is 56.0 Å². The fourth-order valence-electron chi connectivity index (χ4n) is 3.21. The Hall–Kier alpha value is -0.330. The molecule has 3 nitrogen and oxygen atoms in total. The first kappa shape index (κ1) is 16.0. The van der Waals surface area contributed by atoms with Gasteiger partial charge in [-0.3, -0.25) is 4.90 Å². The molecule has 2 unspecified atom stereocenters. The Labute approximate surface area is 118 Å². The number of hydrogen-bond donors (Lipinski definition) is 1. The lowest BCUT2D eigenvalue weighted by Gasteiger charge is -2.43. The number of halogens is 3. The number of ether oxygens (including phenoxy) is 1. The molecule has 1 N–H and O–H groups in total. The van der Waals surface area contributed by atoms with Gasteiger partial charge in [0.2, 0.25) is 0 Å². The van der Waals surface area contributed by atoms with Gasteiger partial charge in [0.05, 0.1) is 12.5 Å². The van der Waals surface area contributed by atoms with Crippen molar-refractivity contribution in [3.8, 4) is 0 Å². The van der Waals surface area contributed by atoms with E-state index in [0.29, 0.717) is 25.7 Å². The van der Waals surface area contributed by atoms with Crippen molar-refractivity contribution in [3.05, 3.63) is 0 Å². The Kier molecular flexibility index (Phi) is 5.69. The molecule has 2 rings (SSSR count). The third-order valence-corrected chi connectivity index (χ3v) is 4.44. The number of likely N-dealkylation sites (tertiary alicyclic amines) is 1. The van der Waals surface area contributed by atoms with E-state index in [-0.39, 0.29) is 18.9 Å². The van der Waals surface area contributed by atoms with Crippen LogP contribution in [0.5, 0.6) is 0 Å². The van der Waals surface area contributed by atoms with E-state index in [1.54, 1.807) is 0 Å². The molecule has 0 amide bonds. The van der Waals surface area contributed by atoms with Crippen LogP contribution in [0, 0.1) is 5.92 Å². The minimum absolute atomic E-state index is 0.223. The Balaban J connectivity index is 1.87. The van der Waals surface area contributed by atoms with Crippen LogP contribution < -0.4 is 5.32 Å². The molecule has 2 heterocycles. The molecule has 2 aliphatic rings. The highest BCUT2D eigenvalue weighted by Crippen LogP contribution is 2.35. The first-order valence-electron chi connectivity index (χ1n) is 7.64. The van der Waals surface area contributed by atoms with E-state index < -0.39 is 12.1 Å². The number of nitrogens with zero attached hydrogens (tertiary/aromatic N) is 1. The zero-order valence-electron chi connectivity index (χ0n) is 12.1. The Morgan fingerprint density at radius 2 is 1.90 bits per heavy atom. The van der Waals surface area contributed by atoms with Crippen molar-refractivity contribution in [1.82, 2.24) is 10.2 Å². The van der Waals surface area contributed by atoms with Gasteiger partial charge in [0.25, 0.3) is 0 Å². The van der Waals surface area contributed by atoms with E-state index in [0.717, 1.165) is 26.0 Å². The van der Waals surface area contributed by atoms with Crippen molar-refractivity contribution in [1.29, 1.82) is 0 Å². The van der Waals surface area contributed by atoms with Crippen LogP contribution in [0.25, 0.3) is 0 Å². The second kappa shape index (κ2) is 7.09. The van der Waals surface area contributed by atoms with Crippen LogP contribution in [0.15, 0.2) is 0 Å². The van der Waals surface area contributed by atoms with Crippen molar-refractivity contribution in [2.45, 2.75) is 50.9 Å². The largest absolute Gasteiger partial charge is 0.391 e. The molecule has 0 aromatic carbocycles. The molecule has 2 aliphatic heterocycles. The van der Waals surface area contributed by atoms with E-state index in [1.807, 2.05) is 0 Å². The second-order valence-electron chi connectivity index (χ2n) is 5.84. The van der Waals surface area contributed by atoms with E-state index in [1.165, 1.54) is 0 Å². The van der Waals surface area contributed by atoms with Gasteiger partial charge < -0.3 is 10.1 Å². The number of rotatable bonds is 4. The van der Waals surface area contributed by atoms with Gasteiger partial charge in [-0.15, -0.1) is 0 Å². The van der Waals surface area contributed by atoms with E-state index >= 15 is 0 Å². The summed E-state index contributed by atoms with van der Waals surface area (Å²) < 4.78 is 43.6. The maximum absolute atomic E-state index is 12.7. The number of hydrogen-bond acceptors (Lipinski definition) is 3. The van der Waals surface area contributed by atoms with Gasteiger partial charge in [0.1, 0.15) is 0 Å². The molecule has 0 bridgehead atoms. The summed E-state index contributed by atoms with van der Waals surface area (Å²) >= 11 is 0. The monoisotopic (exact) mass is 294 g/mol. The summed E-state index contributed by atoms with van der Waals surface area (Å²) in [5.74, 6) is -1.12. The molecule has 118 valence electrons. The summed E-state index contributed by atoms with van der Waals surface area (Å²) in [6.45, 7) is 5.52. The van der Waals surface area contributed by atoms with Crippen LogP contribution in [0.4, 0.5) is 13.2 Å². The molecule has 2 saturated heterocycles. The van der Waals surface area contributed by atoms with Crippen molar-refractivity contribution in [2.75, 3.05) is 32.8 Å². The minimum Gasteiger partial charge on any atom is -0.380 e. The van der Waals surface area contributed by atoms with Gasteiger partial charge in [-0.2, -0.15) is 13.2 Å². The van der Waals surface area contributed by atoms with Crippen molar-refractivity contribution in [2.24, 2.45) is 5.92 Å². The normalized spacial score (nSPS) is 30.6. The zero-order valence-corrected chi connectivity index (χ0v) is 12.1. The second-order valence-corrected chi connectivity index (χ2v) is 5.84. The fourth-order valence-corrected chi connectivity index (χ4v) is 3.21.